The van der Waals surface area contributed by atoms with E-state index in [0.29, 0.717) is 11.8 Å². The quantitative estimate of drug-likeness (QED) is 0.866. The van der Waals surface area contributed by atoms with Crippen LogP contribution in [0, 0.1) is 11.3 Å². The van der Waals surface area contributed by atoms with E-state index in [4.69, 9.17) is 14.5 Å². The molecule has 2 aromatic rings. The molecule has 1 N–H and O–H groups in total. The molecule has 150 valence electrons. The van der Waals surface area contributed by atoms with Gasteiger partial charge in [-0.2, -0.15) is 0 Å². The van der Waals surface area contributed by atoms with Crippen molar-refractivity contribution in [1.29, 1.82) is 0 Å². The predicted molar refractivity (Wildman–Crippen MR) is 111 cm³/mol. The largest absolute Gasteiger partial charge is 0.494 e. The van der Waals surface area contributed by atoms with E-state index in [9.17, 15) is 5.11 Å². The fourth-order valence-electron chi connectivity index (χ4n) is 5.03. The van der Waals surface area contributed by atoms with Crippen LogP contribution in [-0.2, 0) is 15.9 Å². The van der Waals surface area contributed by atoms with Crippen LogP contribution < -0.4 is 0 Å². The van der Waals surface area contributed by atoms with Crippen molar-refractivity contribution in [2.24, 2.45) is 16.3 Å². The van der Waals surface area contributed by atoms with Crippen LogP contribution in [0.5, 0.6) is 5.88 Å². The number of benzene rings is 1. The Balaban J connectivity index is 1.62. The molecule has 4 heterocycles. The van der Waals surface area contributed by atoms with Crippen LogP contribution in [0.4, 0.5) is 0 Å². The van der Waals surface area contributed by atoms with Gasteiger partial charge in [0.2, 0.25) is 5.88 Å². The zero-order valence-corrected chi connectivity index (χ0v) is 16.9. The normalized spacial score (nSPS) is 22.2. The number of aromatic nitrogens is 1. The maximum absolute atomic E-state index is 11.4. The lowest BCUT2D eigenvalue weighted by molar-refractivity contribution is -0.0973. The minimum absolute atomic E-state index is 0.171. The highest BCUT2D eigenvalue weighted by atomic mass is 16.5. The molecule has 0 amide bonds. The molecule has 5 rings (SSSR count). The van der Waals surface area contributed by atoms with Crippen LogP contribution in [-0.4, -0.2) is 48.4 Å². The number of hydrogen-bond donors (Lipinski definition) is 1. The van der Waals surface area contributed by atoms with E-state index in [0.717, 1.165) is 80.8 Å². The number of ether oxygens (including phenoxy) is 2. The third-order valence-corrected chi connectivity index (χ3v) is 6.49. The molecule has 1 aromatic heterocycles. The fraction of sp³-hybridized carbons (Fsp3) is 0.609. The number of hydrogen-bond acceptors (Lipinski definition) is 4. The van der Waals surface area contributed by atoms with Crippen molar-refractivity contribution in [1.82, 2.24) is 4.57 Å². The van der Waals surface area contributed by atoms with E-state index in [-0.39, 0.29) is 11.5 Å². The van der Waals surface area contributed by atoms with Crippen LogP contribution in [0.1, 0.15) is 50.3 Å². The second-order valence-electron chi connectivity index (χ2n) is 9.29. The summed E-state index contributed by atoms with van der Waals surface area (Å²) < 4.78 is 13.2. The van der Waals surface area contributed by atoms with Gasteiger partial charge in [-0.1, -0.05) is 19.9 Å². The van der Waals surface area contributed by atoms with E-state index in [1.54, 1.807) is 0 Å². The molecule has 0 aliphatic carbocycles. The molecule has 0 saturated carbocycles. The summed E-state index contributed by atoms with van der Waals surface area (Å²) in [5, 5.41) is 12.5. The Morgan fingerprint density at radius 3 is 2.64 bits per heavy atom. The van der Waals surface area contributed by atoms with E-state index in [1.165, 1.54) is 5.56 Å². The Hall–Kier alpha value is -1.85. The molecule has 28 heavy (non-hydrogen) atoms. The summed E-state index contributed by atoms with van der Waals surface area (Å²) in [5.41, 5.74) is 4.63. The molecular formula is C23H30N2O3. The maximum Gasteiger partial charge on any atom is 0.201 e. The molecule has 2 saturated heterocycles. The van der Waals surface area contributed by atoms with Crippen molar-refractivity contribution in [2.45, 2.75) is 45.6 Å². The van der Waals surface area contributed by atoms with Gasteiger partial charge >= 0.3 is 0 Å². The Bertz CT molecular complexity index is 918. The molecule has 0 radical (unpaired) electrons. The summed E-state index contributed by atoms with van der Waals surface area (Å²) in [6.45, 7) is 8.40. The second kappa shape index (κ2) is 6.89. The first-order valence-electron chi connectivity index (χ1n) is 10.6. The SMILES string of the molecule is CC(C)Cc1ccc2c(c1)c(C1=NCC3(COC3)C1)c(O)n2C1CCOCC1. The van der Waals surface area contributed by atoms with Gasteiger partial charge < -0.3 is 19.1 Å². The Kier molecular flexibility index (Phi) is 4.48. The van der Waals surface area contributed by atoms with E-state index in [1.807, 2.05) is 0 Å². The molecule has 2 fully saturated rings. The molecule has 3 aliphatic heterocycles. The van der Waals surface area contributed by atoms with Crippen molar-refractivity contribution in [3.05, 3.63) is 29.3 Å². The molecule has 5 nitrogen and oxygen atoms in total. The maximum atomic E-state index is 11.4. The number of aliphatic imine (C=N–C) groups is 1. The number of fused-ring (bicyclic) bond motifs is 1. The van der Waals surface area contributed by atoms with E-state index < -0.39 is 0 Å². The first-order chi connectivity index (χ1) is 13.6. The lowest BCUT2D eigenvalue weighted by atomic mass is 9.82. The third kappa shape index (κ3) is 2.96. The van der Waals surface area contributed by atoms with Gasteiger partial charge in [0.15, 0.2) is 0 Å². The zero-order chi connectivity index (χ0) is 19.3. The summed E-state index contributed by atoms with van der Waals surface area (Å²) in [4.78, 5) is 4.88. The highest BCUT2D eigenvalue weighted by molar-refractivity contribution is 6.14. The topological polar surface area (TPSA) is 56.0 Å². The van der Waals surface area contributed by atoms with Crippen molar-refractivity contribution in [3.63, 3.8) is 0 Å². The first-order valence-corrected chi connectivity index (χ1v) is 10.6. The van der Waals surface area contributed by atoms with Gasteiger partial charge in [0.1, 0.15) is 0 Å². The van der Waals surface area contributed by atoms with Crippen LogP contribution in [0.2, 0.25) is 0 Å². The van der Waals surface area contributed by atoms with Gasteiger partial charge in [-0.05, 0) is 42.9 Å². The van der Waals surface area contributed by atoms with E-state index >= 15 is 0 Å². The van der Waals surface area contributed by atoms with Crippen LogP contribution >= 0.6 is 0 Å². The van der Waals surface area contributed by atoms with Gasteiger partial charge in [0.25, 0.3) is 0 Å². The van der Waals surface area contributed by atoms with Crippen molar-refractivity contribution < 1.29 is 14.6 Å². The first kappa shape index (κ1) is 18.2. The summed E-state index contributed by atoms with van der Waals surface area (Å²) in [6, 6.07) is 6.98. The van der Waals surface area contributed by atoms with Gasteiger partial charge in [-0.25, -0.2) is 0 Å². The number of rotatable bonds is 4. The summed E-state index contributed by atoms with van der Waals surface area (Å²) in [5.74, 6) is 0.992. The molecule has 1 aromatic carbocycles. The molecular weight excluding hydrogens is 352 g/mol. The Labute approximate surface area is 166 Å². The lowest BCUT2D eigenvalue weighted by Gasteiger charge is -2.36. The van der Waals surface area contributed by atoms with E-state index in [2.05, 4.69) is 36.6 Å². The smallest absolute Gasteiger partial charge is 0.201 e. The standard InChI is InChI=1S/C23H30N2O3/c1-15(2)9-16-3-4-20-18(10-16)21(19-11-23(12-24-19)13-28-14-23)22(26)25(20)17-5-7-27-8-6-17/h3-4,10,15,17,26H,5-9,11-14H2,1-2H3. The van der Waals surface area contributed by atoms with Gasteiger partial charge in [0, 0.05) is 48.7 Å². The third-order valence-electron chi connectivity index (χ3n) is 6.49. The number of aromatic hydroxyl groups is 1. The molecule has 1 spiro atoms. The summed E-state index contributed by atoms with van der Waals surface area (Å²) >= 11 is 0. The average molecular weight is 383 g/mol. The minimum Gasteiger partial charge on any atom is -0.494 e. The van der Waals surface area contributed by atoms with Crippen LogP contribution in [0.3, 0.4) is 0 Å². The average Bonchev–Trinajstić information content (AvgIpc) is 3.20. The van der Waals surface area contributed by atoms with Gasteiger partial charge in [-0.15, -0.1) is 0 Å². The Morgan fingerprint density at radius 2 is 2.00 bits per heavy atom. The second-order valence-corrected chi connectivity index (χ2v) is 9.29. The Morgan fingerprint density at radius 1 is 1.21 bits per heavy atom. The summed E-state index contributed by atoms with van der Waals surface area (Å²) in [7, 11) is 0. The van der Waals surface area contributed by atoms with Crippen molar-refractivity contribution in [3.8, 4) is 5.88 Å². The highest BCUT2D eigenvalue weighted by Gasteiger charge is 2.44. The number of nitrogens with zero attached hydrogens (tertiary/aromatic N) is 2. The van der Waals surface area contributed by atoms with Gasteiger partial charge in [-0.3, -0.25) is 4.99 Å². The molecule has 0 unspecified atom stereocenters. The monoisotopic (exact) mass is 382 g/mol. The molecule has 0 bridgehead atoms. The molecule has 0 atom stereocenters. The molecule has 3 aliphatic rings. The van der Waals surface area contributed by atoms with Crippen molar-refractivity contribution in [2.75, 3.05) is 33.0 Å². The lowest BCUT2D eigenvalue weighted by Crippen LogP contribution is -2.43. The predicted octanol–water partition coefficient (Wildman–Crippen LogP) is 4.11. The van der Waals surface area contributed by atoms with Crippen LogP contribution in [0.15, 0.2) is 23.2 Å². The minimum atomic E-state index is 0.171. The van der Waals surface area contributed by atoms with Gasteiger partial charge in [0.05, 0.1) is 24.3 Å². The van der Waals surface area contributed by atoms with Crippen molar-refractivity contribution >= 4 is 16.6 Å². The zero-order valence-electron chi connectivity index (χ0n) is 16.9. The highest BCUT2D eigenvalue weighted by Crippen LogP contribution is 2.44. The molecule has 5 heteroatoms. The fourth-order valence-corrected chi connectivity index (χ4v) is 5.03. The summed E-state index contributed by atoms with van der Waals surface area (Å²) in [6.07, 6.45) is 3.83. The van der Waals surface area contributed by atoms with Crippen LogP contribution in [0.25, 0.3) is 10.9 Å².